The van der Waals surface area contributed by atoms with Crippen LogP contribution < -0.4 is 9.47 Å². The van der Waals surface area contributed by atoms with Crippen LogP contribution >= 0.6 is 0 Å². The van der Waals surface area contributed by atoms with Crippen molar-refractivity contribution in [2.45, 2.75) is 39.2 Å². The Morgan fingerprint density at radius 1 is 1.06 bits per heavy atom. The van der Waals surface area contributed by atoms with E-state index in [1.807, 2.05) is 51.4 Å². The van der Waals surface area contributed by atoms with Gasteiger partial charge >= 0.3 is 6.09 Å². The minimum atomic E-state index is -0.497. The van der Waals surface area contributed by atoms with E-state index in [9.17, 15) is 4.79 Å². The third-order valence-corrected chi connectivity index (χ3v) is 5.69. The zero-order chi connectivity index (χ0) is 23.6. The van der Waals surface area contributed by atoms with Gasteiger partial charge in [-0.2, -0.15) is 0 Å². The number of H-pyrrole nitrogens is 1. The second-order valence-electron chi connectivity index (χ2n) is 9.13. The highest BCUT2D eigenvalue weighted by Gasteiger charge is 2.24. The first-order valence-electron chi connectivity index (χ1n) is 11.2. The van der Waals surface area contributed by atoms with Crippen molar-refractivity contribution in [1.82, 2.24) is 14.9 Å². The number of benzene rings is 1. The van der Waals surface area contributed by atoms with Crippen LogP contribution in [0.2, 0.25) is 0 Å². The Bertz CT molecular complexity index is 1190. The average molecular weight is 450 g/mol. The molecular weight excluding hydrogens is 418 g/mol. The Labute approximate surface area is 194 Å². The first-order chi connectivity index (χ1) is 15.8. The molecule has 0 radical (unpaired) electrons. The maximum atomic E-state index is 12.5. The number of carbonyl (C=O) groups is 1. The monoisotopic (exact) mass is 449 g/mol. The second kappa shape index (κ2) is 9.17. The minimum Gasteiger partial charge on any atom is -0.493 e. The van der Waals surface area contributed by atoms with Gasteiger partial charge in [0.2, 0.25) is 0 Å². The second-order valence-corrected chi connectivity index (χ2v) is 9.13. The van der Waals surface area contributed by atoms with E-state index in [1.54, 1.807) is 19.1 Å². The van der Waals surface area contributed by atoms with E-state index in [0.717, 1.165) is 40.6 Å². The SMILES string of the molecule is COc1ccc(-c2cnc3[nH]cc(C4=CCCN(C(=O)OC(C)(C)C)CC4)c3c2)cc1OC. The van der Waals surface area contributed by atoms with Crippen molar-refractivity contribution in [3.8, 4) is 22.6 Å². The summed E-state index contributed by atoms with van der Waals surface area (Å²) in [6.07, 6.45) is 7.36. The molecule has 2 aromatic heterocycles. The lowest BCUT2D eigenvalue weighted by atomic mass is 10.00. The van der Waals surface area contributed by atoms with Crippen LogP contribution in [0.25, 0.3) is 27.7 Å². The highest BCUT2D eigenvalue weighted by Crippen LogP contribution is 2.35. The number of aromatic nitrogens is 2. The first kappa shape index (κ1) is 22.7. The molecule has 0 saturated heterocycles. The van der Waals surface area contributed by atoms with Gasteiger partial charge in [-0.25, -0.2) is 9.78 Å². The predicted octanol–water partition coefficient (Wildman–Crippen LogP) is 5.66. The lowest BCUT2D eigenvalue weighted by molar-refractivity contribution is 0.0260. The van der Waals surface area contributed by atoms with Crippen LogP contribution in [0, 0.1) is 0 Å². The highest BCUT2D eigenvalue weighted by molar-refractivity contribution is 5.93. The zero-order valence-corrected chi connectivity index (χ0v) is 19.9. The highest BCUT2D eigenvalue weighted by atomic mass is 16.6. The molecule has 1 amide bonds. The smallest absolute Gasteiger partial charge is 0.410 e. The number of hydrogen-bond acceptors (Lipinski definition) is 5. The Kier molecular flexibility index (Phi) is 6.31. The number of ether oxygens (including phenoxy) is 3. The first-order valence-corrected chi connectivity index (χ1v) is 11.2. The van der Waals surface area contributed by atoms with Crippen molar-refractivity contribution in [1.29, 1.82) is 0 Å². The van der Waals surface area contributed by atoms with Crippen LogP contribution in [0.5, 0.6) is 11.5 Å². The Morgan fingerprint density at radius 2 is 1.85 bits per heavy atom. The topological polar surface area (TPSA) is 76.7 Å². The van der Waals surface area contributed by atoms with Crippen molar-refractivity contribution in [2.75, 3.05) is 27.3 Å². The lowest BCUT2D eigenvalue weighted by Gasteiger charge is -2.26. The summed E-state index contributed by atoms with van der Waals surface area (Å²) in [6.45, 7) is 6.94. The van der Waals surface area contributed by atoms with Gasteiger partial charge in [0, 0.05) is 42.0 Å². The summed E-state index contributed by atoms with van der Waals surface area (Å²) in [6, 6.07) is 8.00. The maximum Gasteiger partial charge on any atom is 0.410 e. The third-order valence-electron chi connectivity index (χ3n) is 5.69. The molecule has 0 saturated carbocycles. The van der Waals surface area contributed by atoms with Gasteiger partial charge in [0.05, 0.1) is 14.2 Å². The summed E-state index contributed by atoms with van der Waals surface area (Å²) in [4.78, 5) is 22.2. The van der Waals surface area contributed by atoms with Gasteiger partial charge in [-0.05, 0) is 62.9 Å². The number of rotatable bonds is 4. The predicted molar refractivity (Wildman–Crippen MR) is 130 cm³/mol. The van der Waals surface area contributed by atoms with E-state index in [2.05, 4.69) is 22.1 Å². The van der Waals surface area contributed by atoms with Crippen molar-refractivity contribution in [3.63, 3.8) is 0 Å². The number of hydrogen-bond donors (Lipinski definition) is 1. The molecule has 1 N–H and O–H groups in total. The van der Waals surface area contributed by atoms with Crippen LogP contribution in [0.15, 0.2) is 42.7 Å². The standard InChI is InChI=1S/C26H31N3O4/c1-26(2,3)33-25(30)29-11-6-7-17(10-12-29)21-16-28-24-20(21)13-19(15-27-24)18-8-9-22(31-4)23(14-18)32-5/h7-9,13-16H,6,10-12H2,1-5H3,(H,27,28). The van der Waals surface area contributed by atoms with Crippen molar-refractivity contribution in [3.05, 3.63) is 48.3 Å². The Morgan fingerprint density at radius 3 is 2.58 bits per heavy atom. The number of amides is 1. The van der Waals surface area contributed by atoms with Crippen LogP contribution in [0.4, 0.5) is 4.79 Å². The summed E-state index contributed by atoms with van der Waals surface area (Å²) in [5.74, 6) is 1.37. The summed E-state index contributed by atoms with van der Waals surface area (Å²) in [5, 5.41) is 1.05. The number of carbonyl (C=O) groups excluding carboxylic acids is 1. The van der Waals surface area contributed by atoms with Crippen LogP contribution in [-0.2, 0) is 4.74 Å². The van der Waals surface area contributed by atoms with Gasteiger partial charge in [0.25, 0.3) is 0 Å². The molecule has 7 nitrogen and oxygen atoms in total. The van der Waals surface area contributed by atoms with Crippen molar-refractivity contribution in [2.24, 2.45) is 0 Å². The van der Waals surface area contributed by atoms with E-state index in [1.165, 1.54) is 5.57 Å². The molecule has 174 valence electrons. The number of pyridine rings is 1. The minimum absolute atomic E-state index is 0.256. The normalized spacial score (nSPS) is 14.6. The third kappa shape index (κ3) is 4.97. The van der Waals surface area contributed by atoms with Gasteiger partial charge in [0.1, 0.15) is 11.2 Å². The van der Waals surface area contributed by atoms with E-state index >= 15 is 0 Å². The number of aromatic amines is 1. The molecule has 0 fully saturated rings. The number of methoxy groups -OCH3 is 2. The molecule has 33 heavy (non-hydrogen) atoms. The van der Waals surface area contributed by atoms with E-state index in [4.69, 9.17) is 14.2 Å². The number of nitrogens with one attached hydrogen (secondary N) is 1. The van der Waals surface area contributed by atoms with Crippen molar-refractivity contribution < 1.29 is 19.0 Å². The van der Waals surface area contributed by atoms with Crippen LogP contribution in [-0.4, -0.2) is 53.9 Å². The summed E-state index contributed by atoms with van der Waals surface area (Å²) in [7, 11) is 3.26. The van der Waals surface area contributed by atoms with Gasteiger partial charge in [-0.15, -0.1) is 0 Å². The molecule has 1 aliphatic heterocycles. The van der Waals surface area contributed by atoms with Gasteiger partial charge < -0.3 is 24.1 Å². The summed E-state index contributed by atoms with van der Waals surface area (Å²) < 4.78 is 16.4. The van der Waals surface area contributed by atoms with Gasteiger partial charge in [-0.1, -0.05) is 12.1 Å². The molecule has 1 aromatic carbocycles. The molecule has 1 aliphatic rings. The largest absolute Gasteiger partial charge is 0.493 e. The lowest BCUT2D eigenvalue weighted by Crippen LogP contribution is -2.37. The fourth-order valence-electron chi connectivity index (χ4n) is 4.06. The molecule has 3 heterocycles. The zero-order valence-electron chi connectivity index (χ0n) is 19.9. The molecule has 0 atom stereocenters. The summed E-state index contributed by atoms with van der Waals surface area (Å²) in [5.41, 5.74) is 4.66. The molecule has 7 heteroatoms. The number of nitrogens with zero attached hydrogens (tertiary/aromatic N) is 2. The van der Waals surface area contributed by atoms with E-state index in [-0.39, 0.29) is 6.09 Å². The van der Waals surface area contributed by atoms with Gasteiger partial charge in [-0.3, -0.25) is 0 Å². The molecule has 0 aliphatic carbocycles. The molecule has 4 rings (SSSR count). The quantitative estimate of drug-likeness (QED) is 0.556. The van der Waals surface area contributed by atoms with Crippen LogP contribution in [0.3, 0.4) is 0 Å². The molecule has 0 bridgehead atoms. The Balaban J connectivity index is 1.59. The fourth-order valence-corrected chi connectivity index (χ4v) is 4.06. The van der Waals surface area contributed by atoms with Crippen LogP contribution in [0.1, 0.15) is 39.2 Å². The van der Waals surface area contributed by atoms with E-state index < -0.39 is 5.60 Å². The molecule has 3 aromatic rings. The van der Waals surface area contributed by atoms with Gasteiger partial charge in [0.15, 0.2) is 11.5 Å². The Hall–Kier alpha value is -3.48. The molecular formula is C26H31N3O4. The average Bonchev–Trinajstić information content (AvgIpc) is 3.05. The molecule has 0 spiro atoms. The fraction of sp³-hybridized carbons (Fsp3) is 0.385. The van der Waals surface area contributed by atoms with Crippen molar-refractivity contribution >= 4 is 22.7 Å². The summed E-state index contributed by atoms with van der Waals surface area (Å²) >= 11 is 0. The maximum absolute atomic E-state index is 12.5. The molecule has 0 unspecified atom stereocenters. The van der Waals surface area contributed by atoms with E-state index in [0.29, 0.717) is 24.6 Å². The number of fused-ring (bicyclic) bond motifs is 1.